The normalized spacial score (nSPS) is 11.9. The Labute approximate surface area is 149 Å². The number of nitrogens with zero attached hydrogens (tertiary/aromatic N) is 2. The van der Waals surface area contributed by atoms with Crippen LogP contribution in [0.4, 0.5) is 5.69 Å². The number of aromatic amines is 2. The molecule has 26 heavy (non-hydrogen) atoms. The summed E-state index contributed by atoms with van der Waals surface area (Å²) in [6, 6.07) is 10.1. The van der Waals surface area contributed by atoms with Gasteiger partial charge in [0.05, 0.1) is 24.6 Å². The number of benzene rings is 1. The Morgan fingerprint density at radius 2 is 2.00 bits per heavy atom. The van der Waals surface area contributed by atoms with Crippen molar-refractivity contribution in [2.75, 3.05) is 4.90 Å². The summed E-state index contributed by atoms with van der Waals surface area (Å²) in [5.41, 5.74) is 8.23. The van der Waals surface area contributed by atoms with E-state index in [9.17, 15) is 9.59 Å². The van der Waals surface area contributed by atoms with E-state index in [1.54, 1.807) is 6.20 Å². The third-order valence-corrected chi connectivity index (χ3v) is 3.97. The molecule has 8 nitrogen and oxygen atoms in total. The molecule has 0 saturated heterocycles. The number of imidazole rings is 1. The molecular formula is C18H19N5O3. The molecule has 0 unspecified atom stereocenters. The molecule has 3 aromatic rings. The lowest BCUT2D eigenvalue weighted by molar-refractivity contribution is -0.120. The maximum atomic E-state index is 13.0. The minimum Gasteiger partial charge on any atom is -0.477 e. The zero-order chi connectivity index (χ0) is 18.5. The third kappa shape index (κ3) is 3.98. The first-order chi connectivity index (χ1) is 12.5. The summed E-state index contributed by atoms with van der Waals surface area (Å²) in [5, 5.41) is 9.12. The summed E-state index contributed by atoms with van der Waals surface area (Å²) in [7, 11) is 0. The second-order valence-corrected chi connectivity index (χ2v) is 5.87. The van der Waals surface area contributed by atoms with E-state index < -0.39 is 12.0 Å². The second kappa shape index (κ2) is 7.66. The van der Waals surface area contributed by atoms with E-state index in [1.165, 1.54) is 23.5 Å². The highest BCUT2D eigenvalue weighted by Crippen LogP contribution is 2.20. The summed E-state index contributed by atoms with van der Waals surface area (Å²) in [6.07, 6.45) is 4.95. The Bertz CT molecular complexity index is 873. The molecule has 1 amide bonds. The average molecular weight is 353 g/mol. The molecule has 0 aliphatic heterocycles. The van der Waals surface area contributed by atoms with E-state index in [0.717, 1.165) is 11.3 Å². The highest BCUT2D eigenvalue weighted by molar-refractivity contribution is 5.98. The number of H-pyrrole nitrogens is 2. The van der Waals surface area contributed by atoms with E-state index in [2.05, 4.69) is 15.0 Å². The Balaban J connectivity index is 1.85. The van der Waals surface area contributed by atoms with Crippen LogP contribution in [-0.4, -0.2) is 38.0 Å². The lowest BCUT2D eigenvalue weighted by atomic mass is 10.1. The van der Waals surface area contributed by atoms with E-state index in [0.29, 0.717) is 12.1 Å². The SMILES string of the molecule is N[C@@H](Cc1cnc[nH]1)C(=O)N(Cc1ccccc1)c1c[nH]c(C(=O)O)c1. The number of carbonyl (C=O) groups is 2. The van der Waals surface area contributed by atoms with Gasteiger partial charge in [0.2, 0.25) is 5.91 Å². The first-order valence-corrected chi connectivity index (χ1v) is 8.04. The van der Waals surface area contributed by atoms with Gasteiger partial charge in [-0.2, -0.15) is 0 Å². The summed E-state index contributed by atoms with van der Waals surface area (Å²) in [4.78, 5) is 35.1. The molecule has 1 aromatic carbocycles. The van der Waals surface area contributed by atoms with Gasteiger partial charge in [0.15, 0.2) is 0 Å². The fraction of sp³-hybridized carbons (Fsp3) is 0.167. The van der Waals surface area contributed by atoms with Crippen LogP contribution in [0.3, 0.4) is 0 Å². The standard InChI is InChI=1S/C18H19N5O3/c19-15(6-13-8-20-11-22-13)17(24)23(10-12-4-2-1-3-5-12)14-7-16(18(25)26)21-9-14/h1-5,7-9,11,15,21H,6,10,19H2,(H,20,22)(H,25,26)/t15-/m0/s1. The molecule has 8 heteroatoms. The van der Waals surface area contributed by atoms with Crippen molar-refractivity contribution in [2.24, 2.45) is 5.73 Å². The zero-order valence-electron chi connectivity index (χ0n) is 13.9. The number of carboxylic acid groups (broad SMARTS) is 1. The molecule has 0 spiro atoms. The molecule has 2 heterocycles. The number of carbonyl (C=O) groups excluding carboxylic acids is 1. The molecule has 134 valence electrons. The fourth-order valence-electron chi connectivity index (χ4n) is 2.65. The molecule has 2 aromatic heterocycles. The van der Waals surface area contributed by atoms with Crippen molar-refractivity contribution in [3.05, 3.63) is 72.1 Å². The van der Waals surface area contributed by atoms with Crippen molar-refractivity contribution in [3.63, 3.8) is 0 Å². The molecule has 5 N–H and O–H groups in total. The summed E-state index contributed by atoms with van der Waals surface area (Å²) >= 11 is 0. The van der Waals surface area contributed by atoms with Crippen molar-refractivity contribution in [3.8, 4) is 0 Å². The Hall–Kier alpha value is -3.39. The third-order valence-electron chi connectivity index (χ3n) is 3.97. The highest BCUT2D eigenvalue weighted by Gasteiger charge is 2.25. The van der Waals surface area contributed by atoms with Gasteiger partial charge in [-0.3, -0.25) is 4.79 Å². The maximum Gasteiger partial charge on any atom is 0.352 e. The monoisotopic (exact) mass is 353 g/mol. The van der Waals surface area contributed by atoms with Crippen molar-refractivity contribution < 1.29 is 14.7 Å². The van der Waals surface area contributed by atoms with Crippen molar-refractivity contribution in [1.82, 2.24) is 15.0 Å². The van der Waals surface area contributed by atoms with E-state index in [-0.39, 0.29) is 18.1 Å². The van der Waals surface area contributed by atoms with Crippen LogP contribution in [0, 0.1) is 0 Å². The van der Waals surface area contributed by atoms with Crippen LogP contribution in [-0.2, 0) is 17.8 Å². The quantitative estimate of drug-likeness (QED) is 0.512. The van der Waals surface area contributed by atoms with Crippen molar-refractivity contribution in [2.45, 2.75) is 19.0 Å². The van der Waals surface area contributed by atoms with Gasteiger partial charge >= 0.3 is 5.97 Å². The number of anilines is 1. The molecule has 0 saturated carbocycles. The van der Waals surface area contributed by atoms with Gasteiger partial charge in [-0.1, -0.05) is 30.3 Å². The number of hydrogen-bond donors (Lipinski definition) is 4. The largest absolute Gasteiger partial charge is 0.477 e. The minimum atomic E-state index is -1.09. The lowest BCUT2D eigenvalue weighted by Gasteiger charge is -2.24. The Morgan fingerprint density at radius 1 is 1.23 bits per heavy atom. The number of rotatable bonds is 7. The van der Waals surface area contributed by atoms with Gasteiger partial charge in [-0.15, -0.1) is 0 Å². The van der Waals surface area contributed by atoms with Crippen LogP contribution >= 0.6 is 0 Å². The number of carboxylic acids is 1. The van der Waals surface area contributed by atoms with Gasteiger partial charge in [-0.25, -0.2) is 9.78 Å². The maximum absolute atomic E-state index is 13.0. The molecule has 3 rings (SSSR count). The van der Waals surface area contributed by atoms with Crippen LogP contribution < -0.4 is 10.6 Å². The van der Waals surface area contributed by atoms with Crippen LogP contribution in [0.5, 0.6) is 0 Å². The second-order valence-electron chi connectivity index (χ2n) is 5.87. The number of aromatic carboxylic acids is 1. The van der Waals surface area contributed by atoms with Gasteiger partial charge in [0.1, 0.15) is 5.69 Å². The van der Waals surface area contributed by atoms with E-state index in [1.807, 2.05) is 30.3 Å². The molecule has 0 aliphatic rings. The highest BCUT2D eigenvalue weighted by atomic mass is 16.4. The minimum absolute atomic E-state index is 0.00741. The number of nitrogens with one attached hydrogen (secondary N) is 2. The smallest absolute Gasteiger partial charge is 0.352 e. The summed E-state index contributed by atoms with van der Waals surface area (Å²) in [5.74, 6) is -1.40. The van der Waals surface area contributed by atoms with Gasteiger partial charge < -0.3 is 25.7 Å². The Kier molecular flexibility index (Phi) is 5.14. The molecule has 0 fully saturated rings. The lowest BCUT2D eigenvalue weighted by Crippen LogP contribution is -2.44. The zero-order valence-corrected chi connectivity index (χ0v) is 13.9. The van der Waals surface area contributed by atoms with Gasteiger partial charge in [-0.05, 0) is 11.6 Å². The summed E-state index contributed by atoms with van der Waals surface area (Å²) < 4.78 is 0. The number of aromatic nitrogens is 3. The summed E-state index contributed by atoms with van der Waals surface area (Å²) in [6.45, 7) is 0.285. The predicted molar refractivity (Wildman–Crippen MR) is 95.7 cm³/mol. The number of amides is 1. The first-order valence-electron chi connectivity index (χ1n) is 8.04. The molecular weight excluding hydrogens is 334 g/mol. The van der Waals surface area contributed by atoms with E-state index >= 15 is 0 Å². The molecule has 0 radical (unpaired) electrons. The molecule has 0 aliphatic carbocycles. The van der Waals surface area contributed by atoms with Gasteiger partial charge in [0, 0.05) is 24.5 Å². The van der Waals surface area contributed by atoms with Gasteiger partial charge in [0.25, 0.3) is 0 Å². The van der Waals surface area contributed by atoms with Crippen LogP contribution in [0.1, 0.15) is 21.7 Å². The van der Waals surface area contributed by atoms with E-state index in [4.69, 9.17) is 10.8 Å². The van der Waals surface area contributed by atoms with Crippen molar-refractivity contribution >= 4 is 17.6 Å². The van der Waals surface area contributed by atoms with Crippen LogP contribution in [0.25, 0.3) is 0 Å². The fourth-order valence-corrected chi connectivity index (χ4v) is 2.65. The molecule has 1 atom stereocenters. The van der Waals surface area contributed by atoms with Crippen LogP contribution in [0.2, 0.25) is 0 Å². The van der Waals surface area contributed by atoms with Crippen LogP contribution in [0.15, 0.2) is 55.1 Å². The topological polar surface area (TPSA) is 128 Å². The predicted octanol–water partition coefficient (Wildman–Crippen LogP) is 1.54. The number of hydrogen-bond acceptors (Lipinski definition) is 4. The number of nitrogens with two attached hydrogens (primary N) is 1. The first kappa shape index (κ1) is 17.4. The van der Waals surface area contributed by atoms with Crippen molar-refractivity contribution in [1.29, 1.82) is 0 Å². The molecule has 0 bridgehead atoms. The average Bonchev–Trinajstić information content (AvgIpc) is 3.32. The Morgan fingerprint density at radius 3 is 2.62 bits per heavy atom.